The van der Waals surface area contributed by atoms with E-state index in [0.29, 0.717) is 27.9 Å². The van der Waals surface area contributed by atoms with Gasteiger partial charge in [-0.2, -0.15) is 11.8 Å². The van der Waals surface area contributed by atoms with Gasteiger partial charge in [0, 0.05) is 43.2 Å². The summed E-state index contributed by atoms with van der Waals surface area (Å²) < 4.78 is 0. The summed E-state index contributed by atoms with van der Waals surface area (Å²) in [6.07, 6.45) is 18.2. The van der Waals surface area contributed by atoms with Crippen LogP contribution in [0.2, 0.25) is 0 Å². The van der Waals surface area contributed by atoms with Crippen molar-refractivity contribution in [3.8, 4) is 0 Å². The van der Waals surface area contributed by atoms with Gasteiger partial charge in [0.05, 0.1) is 5.56 Å². The molecule has 8 atom stereocenters. The minimum atomic E-state index is -0.844. The fourth-order valence-corrected chi connectivity index (χ4v) is 13.7. The molecular weight excluding hydrogens is 609 g/mol. The molecule has 268 valence electrons. The van der Waals surface area contributed by atoms with Gasteiger partial charge in [0.15, 0.2) is 0 Å². The Bertz CT molecular complexity index is 1280. The van der Waals surface area contributed by atoms with Gasteiger partial charge in [0.25, 0.3) is 0 Å². The lowest BCUT2D eigenvalue weighted by molar-refractivity contribution is -0.172. The number of carboxylic acids is 1. The normalized spacial score (nSPS) is 38.2. The molecule has 5 fully saturated rings. The summed E-state index contributed by atoms with van der Waals surface area (Å²) in [6, 6.07) is 7.67. The second-order valence-electron chi connectivity index (χ2n) is 16.9. The second-order valence-corrected chi connectivity index (χ2v) is 18.1. The number of nitrogens with one attached hydrogen (secondary N) is 1. The summed E-state index contributed by atoms with van der Waals surface area (Å²) in [5.74, 6) is 5.92. The largest absolute Gasteiger partial charge is 0.478 e. The lowest BCUT2D eigenvalue weighted by Gasteiger charge is -2.68. The predicted octanol–water partition coefficient (Wildman–Crippen LogP) is 10.5. The number of aromatic carboxylic acids is 1. The highest BCUT2D eigenvalue weighted by Gasteiger charge is 2.65. The molecule has 2 N–H and O–H groups in total. The minimum absolute atomic E-state index is 0.0834. The van der Waals surface area contributed by atoms with Gasteiger partial charge >= 0.3 is 5.97 Å². The highest BCUT2D eigenvalue weighted by Crippen LogP contribution is 2.72. The molecule has 7 rings (SSSR count). The van der Waals surface area contributed by atoms with Crippen molar-refractivity contribution >= 4 is 23.3 Å². The SMILES string of the molecule is C=CC.CC.CC1(C)C(c2ccc(C(=O)O)cc2)=CCC2(C)C1CCC1(C)C3CCC4(NCCN5CCSCC5)CCCC4C3CCC12. The molecule has 0 amide bonds. The van der Waals surface area contributed by atoms with Crippen LogP contribution < -0.4 is 5.32 Å². The van der Waals surface area contributed by atoms with Gasteiger partial charge < -0.3 is 15.3 Å². The maximum absolute atomic E-state index is 11.5. The Labute approximate surface area is 298 Å². The molecule has 0 aromatic heterocycles. The van der Waals surface area contributed by atoms with E-state index in [1.54, 1.807) is 18.2 Å². The Morgan fingerprint density at radius 2 is 1.62 bits per heavy atom. The number of rotatable bonds is 6. The Hall–Kier alpha value is -1.56. The lowest BCUT2D eigenvalue weighted by atomic mass is 9.37. The second kappa shape index (κ2) is 15.4. The van der Waals surface area contributed by atoms with Gasteiger partial charge in [0.1, 0.15) is 0 Å². The molecule has 48 heavy (non-hydrogen) atoms. The first-order valence-corrected chi connectivity index (χ1v) is 20.8. The topological polar surface area (TPSA) is 52.6 Å². The standard InChI is InChI=1S/C38H56N2O2S.C3H6.C2H6/c1-35(2)29(26-7-9-27(10-8-26)34(41)42)13-17-37(4)32(35)15-18-36(3)30-14-19-38(39-20-21-40-22-24-43-25-23-40)16-5-6-31(38)28(30)11-12-33(36)37;1-3-2;1-2/h7-10,13,28,30-33,39H,5-6,11-12,14-25H2,1-4H3,(H,41,42);3H,1H2,2H3;1-2H3. The van der Waals surface area contributed by atoms with Crippen LogP contribution in [0.5, 0.6) is 0 Å². The molecular formula is C43H68N2O2S. The Balaban J connectivity index is 0.000000855. The van der Waals surface area contributed by atoms with Gasteiger partial charge in [-0.15, -0.1) is 6.58 Å². The van der Waals surface area contributed by atoms with Crippen LogP contribution in [0.4, 0.5) is 0 Å². The summed E-state index contributed by atoms with van der Waals surface area (Å²) in [4.78, 5) is 14.2. The lowest BCUT2D eigenvalue weighted by Crippen LogP contribution is -2.63. The van der Waals surface area contributed by atoms with E-state index in [1.807, 2.05) is 32.9 Å². The van der Waals surface area contributed by atoms with Crippen molar-refractivity contribution in [2.45, 2.75) is 118 Å². The highest BCUT2D eigenvalue weighted by molar-refractivity contribution is 7.99. The molecule has 5 aliphatic carbocycles. The highest BCUT2D eigenvalue weighted by atomic mass is 32.2. The van der Waals surface area contributed by atoms with Crippen LogP contribution in [-0.4, -0.2) is 59.2 Å². The zero-order valence-corrected chi connectivity index (χ0v) is 32.4. The number of thioether (sulfide) groups is 1. The third-order valence-corrected chi connectivity index (χ3v) is 15.5. The molecule has 0 spiro atoms. The summed E-state index contributed by atoms with van der Waals surface area (Å²) >= 11 is 2.12. The summed E-state index contributed by atoms with van der Waals surface area (Å²) in [6.45, 7) is 24.6. The van der Waals surface area contributed by atoms with E-state index in [9.17, 15) is 9.90 Å². The van der Waals surface area contributed by atoms with E-state index in [1.165, 1.54) is 113 Å². The van der Waals surface area contributed by atoms with Crippen molar-refractivity contribution in [1.82, 2.24) is 10.2 Å². The van der Waals surface area contributed by atoms with E-state index >= 15 is 0 Å². The minimum Gasteiger partial charge on any atom is -0.478 e. The molecule has 1 heterocycles. The molecule has 4 saturated carbocycles. The van der Waals surface area contributed by atoms with Crippen LogP contribution >= 0.6 is 11.8 Å². The summed E-state index contributed by atoms with van der Waals surface area (Å²) in [5.41, 5.74) is 4.32. The van der Waals surface area contributed by atoms with Gasteiger partial charge in [0.2, 0.25) is 0 Å². The smallest absolute Gasteiger partial charge is 0.335 e. The molecule has 0 bridgehead atoms. The van der Waals surface area contributed by atoms with Crippen molar-refractivity contribution in [2.75, 3.05) is 37.7 Å². The van der Waals surface area contributed by atoms with Crippen molar-refractivity contribution in [3.63, 3.8) is 0 Å². The number of hydrogen-bond donors (Lipinski definition) is 2. The molecule has 0 radical (unpaired) electrons. The van der Waals surface area contributed by atoms with E-state index in [2.05, 4.69) is 62.3 Å². The van der Waals surface area contributed by atoms with Crippen LogP contribution in [0.1, 0.15) is 129 Å². The Morgan fingerprint density at radius 3 is 2.29 bits per heavy atom. The van der Waals surface area contributed by atoms with E-state index < -0.39 is 5.97 Å². The molecule has 5 heteroatoms. The van der Waals surface area contributed by atoms with Gasteiger partial charge in [-0.1, -0.05) is 72.2 Å². The molecule has 1 saturated heterocycles. The first-order chi connectivity index (χ1) is 23.0. The predicted molar refractivity (Wildman–Crippen MR) is 207 cm³/mol. The van der Waals surface area contributed by atoms with Crippen LogP contribution in [0.15, 0.2) is 43.0 Å². The molecule has 1 aromatic rings. The first kappa shape index (κ1) is 37.7. The molecule has 4 nitrogen and oxygen atoms in total. The molecule has 8 unspecified atom stereocenters. The Morgan fingerprint density at radius 1 is 0.938 bits per heavy atom. The maximum atomic E-state index is 11.5. The zero-order valence-electron chi connectivity index (χ0n) is 31.6. The third-order valence-electron chi connectivity index (χ3n) is 14.5. The van der Waals surface area contributed by atoms with E-state index in [4.69, 9.17) is 0 Å². The van der Waals surface area contributed by atoms with Crippen molar-refractivity contribution in [3.05, 3.63) is 54.1 Å². The van der Waals surface area contributed by atoms with E-state index in [-0.39, 0.29) is 5.41 Å². The van der Waals surface area contributed by atoms with Gasteiger partial charge in [-0.05, 0) is 134 Å². The average molecular weight is 677 g/mol. The van der Waals surface area contributed by atoms with Crippen molar-refractivity contribution < 1.29 is 9.90 Å². The number of fused-ring (bicyclic) bond motifs is 7. The van der Waals surface area contributed by atoms with Crippen LogP contribution in [0, 0.1) is 45.8 Å². The fraction of sp³-hybridized carbons (Fsp3) is 0.744. The van der Waals surface area contributed by atoms with Gasteiger partial charge in [-0.25, -0.2) is 4.79 Å². The monoisotopic (exact) mass is 677 g/mol. The number of allylic oxidation sites excluding steroid dienone is 3. The number of nitrogens with zero attached hydrogens (tertiary/aromatic N) is 1. The molecule has 6 aliphatic rings. The van der Waals surface area contributed by atoms with Crippen LogP contribution in [0.3, 0.4) is 0 Å². The number of benzene rings is 1. The van der Waals surface area contributed by atoms with Crippen molar-refractivity contribution in [2.24, 2.45) is 45.8 Å². The fourth-order valence-electron chi connectivity index (χ4n) is 12.7. The first-order valence-electron chi connectivity index (χ1n) is 19.7. The third kappa shape index (κ3) is 6.75. The number of hydrogen-bond acceptors (Lipinski definition) is 4. The van der Waals surface area contributed by atoms with E-state index in [0.717, 1.165) is 23.7 Å². The summed E-state index contributed by atoms with van der Waals surface area (Å²) in [5, 5.41) is 13.7. The maximum Gasteiger partial charge on any atom is 0.335 e. The quantitative estimate of drug-likeness (QED) is 0.294. The van der Waals surface area contributed by atoms with Crippen LogP contribution in [-0.2, 0) is 0 Å². The molecule has 1 aromatic carbocycles. The van der Waals surface area contributed by atoms with Crippen LogP contribution in [0.25, 0.3) is 5.57 Å². The van der Waals surface area contributed by atoms with Crippen molar-refractivity contribution in [1.29, 1.82) is 0 Å². The molecule has 1 aliphatic heterocycles. The number of carbonyl (C=O) groups is 1. The zero-order chi connectivity index (χ0) is 34.7. The number of carboxylic acid groups (broad SMARTS) is 1. The summed E-state index contributed by atoms with van der Waals surface area (Å²) in [7, 11) is 0. The van der Waals surface area contributed by atoms with Gasteiger partial charge in [-0.3, -0.25) is 0 Å². The Kier molecular flexibility index (Phi) is 12.1. The average Bonchev–Trinajstić information content (AvgIpc) is 3.51.